The highest BCUT2D eigenvalue weighted by Gasteiger charge is 2.00. The summed E-state index contributed by atoms with van der Waals surface area (Å²) in [7, 11) is -3.67. The number of hydrogen-bond acceptors (Lipinski definition) is 5. The maximum atomic E-state index is 9.19. The van der Waals surface area contributed by atoms with Crippen molar-refractivity contribution < 1.29 is 23.7 Å². The van der Waals surface area contributed by atoms with E-state index in [9.17, 15) is 8.42 Å². The van der Waals surface area contributed by atoms with E-state index in [1.807, 2.05) is 0 Å². The topological polar surface area (TPSA) is 147 Å². The molecule has 1 aromatic rings. The molecule has 80 valence electrons. The van der Waals surface area contributed by atoms with Crippen LogP contribution in [-0.4, -0.2) is 23.7 Å². The molecule has 0 bridgehead atoms. The number of aromatic hydroxyl groups is 3. The van der Waals surface area contributed by atoms with Crippen LogP contribution < -0.4 is 10.3 Å². The molecule has 0 aliphatic rings. The van der Waals surface area contributed by atoms with Gasteiger partial charge in [-0.15, -0.1) is 0 Å². The number of rotatable bonds is 0. The van der Waals surface area contributed by atoms with Crippen molar-refractivity contribution in [1.82, 2.24) is 0 Å². The Morgan fingerprint density at radius 1 is 1.00 bits per heavy atom. The Labute approximate surface area is 80.4 Å². The number of phenolic OH excluding ortho intramolecular Hbond substituents is 3. The second-order valence-corrected chi connectivity index (χ2v) is 3.41. The van der Waals surface area contributed by atoms with E-state index in [2.05, 4.69) is 10.3 Å². The normalized spacial score (nSPS) is 10.1. The summed E-state index contributed by atoms with van der Waals surface area (Å²) in [5, 5.41) is 34.3. The molecule has 0 spiro atoms. The zero-order valence-electron chi connectivity index (χ0n) is 6.95. The molecule has 0 unspecified atom stereocenters. The van der Waals surface area contributed by atoms with Gasteiger partial charge < -0.3 is 15.3 Å². The van der Waals surface area contributed by atoms with Crippen molar-refractivity contribution in [3.63, 3.8) is 0 Å². The van der Waals surface area contributed by atoms with Crippen LogP contribution in [0.3, 0.4) is 0 Å². The SMILES string of the molecule is NS(N)(=O)=O.Oc1cccc(O)c1O. The molecule has 0 aromatic heterocycles. The minimum Gasteiger partial charge on any atom is -0.504 e. The van der Waals surface area contributed by atoms with Gasteiger partial charge in [0.15, 0.2) is 17.2 Å². The fourth-order valence-electron chi connectivity index (χ4n) is 0.519. The van der Waals surface area contributed by atoms with Crippen molar-refractivity contribution in [2.24, 2.45) is 10.3 Å². The number of phenols is 3. The maximum Gasteiger partial charge on any atom is 0.271 e. The van der Waals surface area contributed by atoms with Crippen molar-refractivity contribution in [3.05, 3.63) is 18.2 Å². The van der Waals surface area contributed by atoms with Gasteiger partial charge in [0.1, 0.15) is 0 Å². The van der Waals surface area contributed by atoms with Crippen LogP contribution in [0.2, 0.25) is 0 Å². The number of benzene rings is 1. The Morgan fingerprint density at radius 3 is 1.50 bits per heavy atom. The lowest BCUT2D eigenvalue weighted by atomic mass is 10.3. The Hall–Kier alpha value is -1.51. The van der Waals surface area contributed by atoms with E-state index in [1.165, 1.54) is 18.2 Å². The summed E-state index contributed by atoms with van der Waals surface area (Å²) in [6, 6.07) is 4.01. The summed E-state index contributed by atoms with van der Waals surface area (Å²) >= 11 is 0. The second kappa shape index (κ2) is 4.65. The smallest absolute Gasteiger partial charge is 0.271 e. The van der Waals surface area contributed by atoms with Crippen LogP contribution in [0, 0.1) is 0 Å². The van der Waals surface area contributed by atoms with Gasteiger partial charge in [0.2, 0.25) is 0 Å². The van der Waals surface area contributed by atoms with Gasteiger partial charge in [-0.2, -0.15) is 8.42 Å². The molecule has 0 saturated heterocycles. The van der Waals surface area contributed by atoms with Gasteiger partial charge >= 0.3 is 0 Å². The molecule has 14 heavy (non-hydrogen) atoms. The maximum absolute atomic E-state index is 9.19. The van der Waals surface area contributed by atoms with Gasteiger partial charge in [0.05, 0.1) is 0 Å². The average Bonchev–Trinajstić information content (AvgIpc) is 1.97. The second-order valence-electron chi connectivity index (χ2n) is 2.23. The quantitative estimate of drug-likeness (QED) is 0.355. The molecule has 0 fully saturated rings. The van der Waals surface area contributed by atoms with Gasteiger partial charge in [-0.05, 0) is 12.1 Å². The van der Waals surface area contributed by atoms with Crippen LogP contribution in [0.4, 0.5) is 0 Å². The largest absolute Gasteiger partial charge is 0.504 e. The first-order valence-electron chi connectivity index (χ1n) is 3.22. The fraction of sp³-hybridized carbons (Fsp3) is 0. The summed E-state index contributed by atoms with van der Waals surface area (Å²) in [6.45, 7) is 0. The molecule has 8 heteroatoms. The molecule has 0 aliphatic carbocycles. The van der Waals surface area contributed by atoms with E-state index in [1.54, 1.807) is 0 Å². The Morgan fingerprint density at radius 2 is 1.29 bits per heavy atom. The molecule has 0 aliphatic heterocycles. The summed E-state index contributed by atoms with van der Waals surface area (Å²) < 4.78 is 18.4. The van der Waals surface area contributed by atoms with Gasteiger partial charge in [-0.3, -0.25) is 0 Å². The molecule has 1 rings (SSSR count). The van der Waals surface area contributed by atoms with Crippen molar-refractivity contribution in [2.45, 2.75) is 0 Å². The predicted molar refractivity (Wildman–Crippen MR) is 48.7 cm³/mol. The van der Waals surface area contributed by atoms with Crippen molar-refractivity contribution in [2.75, 3.05) is 0 Å². The first-order valence-corrected chi connectivity index (χ1v) is 4.83. The van der Waals surface area contributed by atoms with Crippen molar-refractivity contribution in [1.29, 1.82) is 0 Å². The fourth-order valence-corrected chi connectivity index (χ4v) is 0.519. The monoisotopic (exact) mass is 222 g/mol. The van der Waals surface area contributed by atoms with Gasteiger partial charge in [0.25, 0.3) is 10.2 Å². The van der Waals surface area contributed by atoms with Crippen LogP contribution in [-0.2, 0) is 10.2 Å². The minimum atomic E-state index is -3.67. The molecule has 1 aromatic carbocycles. The Bertz CT molecular complexity index is 374. The molecule has 0 atom stereocenters. The van der Waals surface area contributed by atoms with E-state index < -0.39 is 16.0 Å². The van der Waals surface area contributed by atoms with Crippen LogP contribution in [0.1, 0.15) is 0 Å². The van der Waals surface area contributed by atoms with E-state index >= 15 is 0 Å². The number of para-hydroxylation sites is 1. The van der Waals surface area contributed by atoms with E-state index in [4.69, 9.17) is 15.3 Å². The highest BCUT2D eigenvalue weighted by Crippen LogP contribution is 2.32. The molecule has 0 radical (unpaired) electrons. The third-order valence-electron chi connectivity index (χ3n) is 0.993. The highest BCUT2D eigenvalue weighted by atomic mass is 32.2. The first kappa shape index (κ1) is 12.5. The molecule has 7 N–H and O–H groups in total. The standard InChI is InChI=1S/C6H6O3.H4N2O2S/c7-4-2-1-3-5(8)6(4)9;1-5(2,3)4/h1-3,7-9H;(H4,1,2,3,4). The third-order valence-corrected chi connectivity index (χ3v) is 0.993. The summed E-state index contributed by atoms with van der Waals surface area (Å²) in [6.07, 6.45) is 0. The average molecular weight is 222 g/mol. The van der Waals surface area contributed by atoms with Crippen LogP contribution in [0.15, 0.2) is 18.2 Å². The Kier molecular flexibility index (Phi) is 4.15. The van der Waals surface area contributed by atoms with E-state index in [0.717, 1.165) is 0 Å². The highest BCUT2D eigenvalue weighted by molar-refractivity contribution is 7.86. The zero-order valence-corrected chi connectivity index (χ0v) is 7.77. The predicted octanol–water partition coefficient (Wildman–Crippen LogP) is -1.05. The molecule has 0 saturated carbocycles. The van der Waals surface area contributed by atoms with E-state index in [-0.39, 0.29) is 11.5 Å². The zero-order chi connectivity index (χ0) is 11.4. The van der Waals surface area contributed by atoms with Gasteiger partial charge in [0, 0.05) is 0 Å². The lowest BCUT2D eigenvalue weighted by molar-refractivity contribution is 0.368. The van der Waals surface area contributed by atoms with E-state index in [0.29, 0.717) is 0 Å². The third kappa shape index (κ3) is 6.06. The lowest BCUT2D eigenvalue weighted by Crippen LogP contribution is -2.21. The van der Waals surface area contributed by atoms with Crippen LogP contribution in [0.25, 0.3) is 0 Å². The molecular weight excluding hydrogens is 212 g/mol. The minimum absolute atomic E-state index is 0.310. The van der Waals surface area contributed by atoms with Crippen LogP contribution >= 0.6 is 0 Å². The lowest BCUT2D eigenvalue weighted by Gasteiger charge is -1.96. The summed E-state index contributed by atoms with van der Waals surface area (Å²) in [5.41, 5.74) is 0. The molecule has 0 heterocycles. The molecule has 7 nitrogen and oxygen atoms in total. The number of hydrogen-bond donors (Lipinski definition) is 5. The van der Waals surface area contributed by atoms with Crippen molar-refractivity contribution >= 4 is 10.2 Å². The Balaban J connectivity index is 0.000000292. The van der Waals surface area contributed by atoms with Gasteiger partial charge in [-0.1, -0.05) is 6.07 Å². The molecular formula is C6H10N2O5S. The first-order chi connectivity index (χ1) is 6.22. The van der Waals surface area contributed by atoms with Gasteiger partial charge in [-0.25, -0.2) is 10.3 Å². The summed E-state index contributed by atoms with van der Waals surface area (Å²) in [4.78, 5) is 0. The number of nitrogens with two attached hydrogens (primary N) is 2. The van der Waals surface area contributed by atoms with Crippen LogP contribution in [0.5, 0.6) is 17.2 Å². The summed E-state index contributed by atoms with van der Waals surface area (Å²) in [5.74, 6) is -1.09. The molecule has 0 amide bonds. The van der Waals surface area contributed by atoms with Crippen molar-refractivity contribution in [3.8, 4) is 17.2 Å².